The van der Waals surface area contributed by atoms with Crippen LogP contribution in [0, 0.1) is 0 Å². The number of furan rings is 1. The molecule has 0 atom stereocenters. The molecule has 0 saturated heterocycles. The normalized spacial score (nSPS) is 12.2. The fourth-order valence-electron chi connectivity index (χ4n) is 6.68. The molecule has 0 fully saturated rings. The van der Waals surface area contributed by atoms with Crippen LogP contribution in [0.25, 0.3) is 92.0 Å². The maximum absolute atomic E-state index is 6.38. The summed E-state index contributed by atoms with van der Waals surface area (Å²) in [6.07, 6.45) is 0. The molecule has 0 spiro atoms. The molecular formula is C38H21N3OS. The van der Waals surface area contributed by atoms with E-state index in [-0.39, 0.29) is 0 Å². The number of hydrogen-bond donors (Lipinski definition) is 0. The minimum atomic E-state index is 0.587. The lowest BCUT2D eigenvalue weighted by atomic mass is 10.0. The average Bonchev–Trinajstić information content (AvgIpc) is 3.73. The van der Waals surface area contributed by atoms with Crippen LogP contribution in [0.15, 0.2) is 132 Å². The van der Waals surface area contributed by atoms with Gasteiger partial charge in [-0.1, -0.05) is 97.1 Å². The molecule has 0 N–H and O–H groups in total. The largest absolute Gasteiger partial charge is 0.437 e. The van der Waals surface area contributed by atoms with Crippen molar-refractivity contribution in [1.29, 1.82) is 0 Å². The average molecular weight is 568 g/mol. The van der Waals surface area contributed by atoms with E-state index in [0.717, 1.165) is 38.8 Å². The summed E-state index contributed by atoms with van der Waals surface area (Å²) in [6.45, 7) is 0. The molecule has 0 bridgehead atoms. The number of thiophene rings is 1. The second kappa shape index (κ2) is 8.51. The lowest BCUT2D eigenvalue weighted by Gasteiger charge is -2.11. The minimum absolute atomic E-state index is 0.587. The van der Waals surface area contributed by atoms with Crippen molar-refractivity contribution in [3.63, 3.8) is 0 Å². The zero-order valence-corrected chi connectivity index (χ0v) is 23.6. The van der Waals surface area contributed by atoms with Gasteiger partial charge >= 0.3 is 0 Å². The zero-order valence-electron chi connectivity index (χ0n) is 22.8. The highest BCUT2D eigenvalue weighted by Gasteiger charge is 2.22. The van der Waals surface area contributed by atoms with Gasteiger partial charge in [0.05, 0.1) is 16.4 Å². The second-order valence-corrected chi connectivity index (χ2v) is 12.1. The van der Waals surface area contributed by atoms with Crippen molar-refractivity contribution in [2.45, 2.75) is 0 Å². The molecule has 0 amide bonds. The van der Waals surface area contributed by atoms with E-state index < -0.39 is 0 Å². The minimum Gasteiger partial charge on any atom is -0.437 e. The smallest absolute Gasteiger partial charge is 0.233 e. The lowest BCUT2D eigenvalue weighted by molar-refractivity contribution is 0.653. The van der Waals surface area contributed by atoms with Crippen LogP contribution in [0.5, 0.6) is 0 Å². The first-order valence-corrected chi connectivity index (χ1v) is 15.2. The standard InChI is InChI=1S/C38H21N3OS/c1-2-10-22(11-3-1)36-39-37(34-27-14-5-8-16-32(27)42-38(34)40-36)41-30-15-7-4-12-24(30)29-20-23-18-19-26-25-13-6-9-17-33(25)43-35(26)28(23)21-31(29)41/h1-21H. The number of hydrogen-bond acceptors (Lipinski definition) is 4. The van der Waals surface area contributed by atoms with Crippen molar-refractivity contribution < 1.29 is 4.42 Å². The number of nitrogens with zero attached hydrogens (tertiary/aromatic N) is 3. The summed E-state index contributed by atoms with van der Waals surface area (Å²) >= 11 is 1.86. The van der Waals surface area contributed by atoms with Gasteiger partial charge in [0.15, 0.2) is 11.6 Å². The Morgan fingerprint density at radius 1 is 0.558 bits per heavy atom. The van der Waals surface area contributed by atoms with Gasteiger partial charge in [-0.2, -0.15) is 4.98 Å². The Morgan fingerprint density at radius 2 is 1.33 bits per heavy atom. The number of benzene rings is 6. The molecule has 0 aliphatic rings. The third-order valence-electron chi connectivity index (χ3n) is 8.62. The Balaban J connectivity index is 1.40. The fourth-order valence-corrected chi connectivity index (χ4v) is 7.91. The first-order chi connectivity index (χ1) is 21.3. The molecule has 200 valence electrons. The predicted octanol–water partition coefficient (Wildman–Crippen LogP) is 10.7. The molecular weight excluding hydrogens is 547 g/mol. The summed E-state index contributed by atoms with van der Waals surface area (Å²) in [7, 11) is 0. The van der Waals surface area contributed by atoms with Crippen molar-refractivity contribution in [2.75, 3.05) is 0 Å². The molecule has 4 nitrogen and oxygen atoms in total. The van der Waals surface area contributed by atoms with Gasteiger partial charge in [0.1, 0.15) is 5.58 Å². The van der Waals surface area contributed by atoms with E-state index in [0.29, 0.717) is 11.5 Å². The van der Waals surface area contributed by atoms with Crippen LogP contribution in [0.1, 0.15) is 0 Å². The molecule has 4 aromatic heterocycles. The summed E-state index contributed by atoms with van der Waals surface area (Å²) in [5.74, 6) is 1.46. The van der Waals surface area contributed by atoms with Crippen LogP contribution in [0.2, 0.25) is 0 Å². The molecule has 5 heteroatoms. The van der Waals surface area contributed by atoms with Crippen molar-refractivity contribution in [1.82, 2.24) is 14.5 Å². The van der Waals surface area contributed by atoms with Crippen molar-refractivity contribution in [3.8, 4) is 17.2 Å². The highest BCUT2D eigenvalue weighted by Crippen LogP contribution is 2.43. The summed E-state index contributed by atoms with van der Waals surface area (Å²) in [5, 5.41) is 9.40. The summed E-state index contributed by atoms with van der Waals surface area (Å²) in [5.41, 5.74) is 4.55. The first-order valence-electron chi connectivity index (χ1n) is 14.3. The fraction of sp³-hybridized carbons (Fsp3) is 0. The van der Waals surface area contributed by atoms with Crippen LogP contribution in [0.3, 0.4) is 0 Å². The van der Waals surface area contributed by atoms with E-state index >= 15 is 0 Å². The van der Waals surface area contributed by atoms with Crippen molar-refractivity contribution in [3.05, 3.63) is 127 Å². The van der Waals surface area contributed by atoms with Crippen LogP contribution >= 0.6 is 11.3 Å². The molecule has 43 heavy (non-hydrogen) atoms. The van der Waals surface area contributed by atoms with Gasteiger partial charge < -0.3 is 4.42 Å². The highest BCUT2D eigenvalue weighted by molar-refractivity contribution is 7.26. The summed E-state index contributed by atoms with van der Waals surface area (Å²) < 4.78 is 11.3. The van der Waals surface area contributed by atoms with Crippen molar-refractivity contribution in [2.24, 2.45) is 0 Å². The van der Waals surface area contributed by atoms with E-state index in [9.17, 15) is 0 Å². The zero-order chi connectivity index (χ0) is 28.1. The maximum Gasteiger partial charge on any atom is 0.233 e. The molecule has 0 aliphatic heterocycles. The molecule has 0 radical (unpaired) electrons. The quantitative estimate of drug-likeness (QED) is 0.209. The monoisotopic (exact) mass is 567 g/mol. The topological polar surface area (TPSA) is 43.9 Å². The van der Waals surface area contributed by atoms with Gasteiger partial charge in [0.25, 0.3) is 0 Å². The van der Waals surface area contributed by atoms with Crippen LogP contribution in [0.4, 0.5) is 0 Å². The van der Waals surface area contributed by atoms with Gasteiger partial charge in [-0.15, -0.1) is 11.3 Å². The Morgan fingerprint density at radius 3 is 2.23 bits per heavy atom. The molecule has 6 aromatic carbocycles. The number of aromatic nitrogens is 3. The number of fused-ring (bicyclic) bond motifs is 11. The Bertz CT molecular complexity index is 2730. The maximum atomic E-state index is 6.38. The first kappa shape index (κ1) is 23.1. The summed E-state index contributed by atoms with van der Waals surface area (Å²) in [6, 6.07) is 44.8. The second-order valence-electron chi connectivity index (χ2n) is 11.0. The van der Waals surface area contributed by atoms with E-state index in [1.54, 1.807) is 0 Å². The molecule has 0 unspecified atom stereocenters. The van der Waals surface area contributed by atoms with E-state index in [1.807, 2.05) is 59.9 Å². The molecule has 0 saturated carbocycles. The lowest BCUT2D eigenvalue weighted by Crippen LogP contribution is -2.02. The summed E-state index contributed by atoms with van der Waals surface area (Å²) in [4.78, 5) is 10.2. The SMILES string of the molecule is c1ccc(-c2nc(-n3c4ccccc4c4cc5ccc6c7ccccc7sc6c5cc43)c3c(n2)oc2ccccc23)cc1. The Hall–Kier alpha value is -5.52. The highest BCUT2D eigenvalue weighted by atomic mass is 32.1. The molecule has 10 aromatic rings. The predicted molar refractivity (Wildman–Crippen MR) is 179 cm³/mol. The van der Waals surface area contributed by atoms with Crippen LogP contribution in [-0.4, -0.2) is 14.5 Å². The van der Waals surface area contributed by atoms with E-state index in [2.05, 4.69) is 83.4 Å². The van der Waals surface area contributed by atoms with Gasteiger partial charge in [-0.3, -0.25) is 4.57 Å². The molecule has 4 heterocycles. The van der Waals surface area contributed by atoms with E-state index in [1.165, 1.54) is 41.7 Å². The van der Waals surface area contributed by atoms with Crippen molar-refractivity contribution >= 4 is 86.2 Å². The third-order valence-corrected chi connectivity index (χ3v) is 9.84. The van der Waals surface area contributed by atoms with Gasteiger partial charge in [-0.05, 0) is 35.7 Å². The Labute approximate surface area is 249 Å². The Kier molecular flexibility index (Phi) is 4.57. The van der Waals surface area contributed by atoms with Gasteiger partial charge in [0.2, 0.25) is 5.71 Å². The molecule has 10 rings (SSSR count). The van der Waals surface area contributed by atoms with E-state index in [4.69, 9.17) is 14.4 Å². The number of rotatable bonds is 2. The van der Waals surface area contributed by atoms with Crippen LogP contribution < -0.4 is 0 Å². The van der Waals surface area contributed by atoms with Gasteiger partial charge in [-0.25, -0.2) is 4.98 Å². The molecule has 0 aliphatic carbocycles. The number of para-hydroxylation sites is 2. The van der Waals surface area contributed by atoms with Crippen LogP contribution in [-0.2, 0) is 0 Å². The van der Waals surface area contributed by atoms with Gasteiger partial charge in [0, 0.05) is 47.3 Å². The third kappa shape index (κ3) is 3.20.